The van der Waals surface area contributed by atoms with Crippen molar-refractivity contribution in [1.82, 2.24) is 4.90 Å². The average molecular weight is 283 g/mol. The molecule has 0 saturated carbocycles. The molecule has 0 bridgehead atoms. The summed E-state index contributed by atoms with van der Waals surface area (Å²) >= 11 is 0. The first kappa shape index (κ1) is 13.9. The number of hydrogen-bond donors (Lipinski definition) is 0. The van der Waals surface area contributed by atoms with Gasteiger partial charge < -0.3 is 9.32 Å². The summed E-state index contributed by atoms with van der Waals surface area (Å²) in [5.74, 6) is 1.40. The summed E-state index contributed by atoms with van der Waals surface area (Å²) in [6.45, 7) is 1.83. The lowest BCUT2D eigenvalue weighted by Gasteiger charge is -2.21. The minimum atomic E-state index is -2.97. The molecular formula is C13H17NO4S. The van der Waals surface area contributed by atoms with E-state index in [2.05, 4.69) is 0 Å². The molecule has 1 amide bonds. The van der Waals surface area contributed by atoms with Crippen molar-refractivity contribution in [2.45, 2.75) is 19.4 Å². The Morgan fingerprint density at radius 2 is 2.21 bits per heavy atom. The first-order valence-corrected chi connectivity index (χ1v) is 7.91. The maximum absolute atomic E-state index is 11.9. The van der Waals surface area contributed by atoms with Gasteiger partial charge in [0.1, 0.15) is 11.5 Å². The highest BCUT2D eigenvalue weighted by Crippen LogP contribution is 2.17. The van der Waals surface area contributed by atoms with E-state index in [1.807, 2.05) is 13.0 Å². The molecule has 0 aromatic carbocycles. The molecular weight excluding hydrogens is 266 g/mol. The normalized spacial score (nSPS) is 21.9. The van der Waals surface area contributed by atoms with E-state index in [4.69, 9.17) is 4.42 Å². The van der Waals surface area contributed by atoms with E-state index in [9.17, 15) is 13.2 Å². The number of carbonyl (C=O) groups is 1. The fourth-order valence-electron chi connectivity index (χ4n) is 2.07. The first-order chi connectivity index (χ1) is 8.87. The van der Waals surface area contributed by atoms with Crippen molar-refractivity contribution in [3.8, 4) is 0 Å². The van der Waals surface area contributed by atoms with Crippen molar-refractivity contribution in [1.29, 1.82) is 0 Å². The van der Waals surface area contributed by atoms with Gasteiger partial charge in [0.15, 0.2) is 9.84 Å². The number of sulfone groups is 1. The van der Waals surface area contributed by atoms with Gasteiger partial charge >= 0.3 is 0 Å². The van der Waals surface area contributed by atoms with E-state index < -0.39 is 9.84 Å². The van der Waals surface area contributed by atoms with Gasteiger partial charge in [0.25, 0.3) is 0 Å². The Labute approximate surface area is 112 Å². The molecule has 1 aromatic rings. The minimum absolute atomic E-state index is 0.0585. The summed E-state index contributed by atoms with van der Waals surface area (Å²) in [6, 6.07) is 3.37. The Morgan fingerprint density at radius 1 is 1.47 bits per heavy atom. The van der Waals surface area contributed by atoms with Crippen molar-refractivity contribution in [2.75, 3.05) is 18.6 Å². The number of carbonyl (C=O) groups excluding carboxylic acids is 1. The third-order valence-corrected chi connectivity index (χ3v) is 5.01. The highest BCUT2D eigenvalue weighted by molar-refractivity contribution is 7.91. The summed E-state index contributed by atoms with van der Waals surface area (Å²) in [5.41, 5.74) is 0. The van der Waals surface area contributed by atoms with Crippen LogP contribution in [0.2, 0.25) is 0 Å². The molecule has 0 radical (unpaired) electrons. The zero-order valence-corrected chi connectivity index (χ0v) is 11.8. The van der Waals surface area contributed by atoms with Crippen LogP contribution in [0.3, 0.4) is 0 Å². The number of likely N-dealkylation sites (N-methyl/N-ethyl adjacent to an activating group) is 1. The lowest BCUT2D eigenvalue weighted by molar-refractivity contribution is -0.126. The summed E-state index contributed by atoms with van der Waals surface area (Å²) in [7, 11) is -1.34. The largest absolute Gasteiger partial charge is 0.462 e. The van der Waals surface area contributed by atoms with E-state index in [1.165, 1.54) is 11.0 Å². The molecule has 1 atom stereocenters. The minimum Gasteiger partial charge on any atom is -0.462 e. The molecule has 104 valence electrons. The molecule has 19 heavy (non-hydrogen) atoms. The molecule has 1 fully saturated rings. The predicted molar refractivity (Wildman–Crippen MR) is 72.3 cm³/mol. The molecule has 0 N–H and O–H groups in total. The molecule has 1 aliphatic rings. The molecule has 1 aliphatic heterocycles. The summed E-state index contributed by atoms with van der Waals surface area (Å²) in [6.07, 6.45) is 3.51. The third-order valence-electron chi connectivity index (χ3n) is 3.26. The van der Waals surface area contributed by atoms with E-state index in [0.717, 1.165) is 5.76 Å². The molecule has 6 heteroatoms. The first-order valence-electron chi connectivity index (χ1n) is 6.09. The topological polar surface area (TPSA) is 67.6 Å². The molecule has 0 spiro atoms. The Bertz CT molecular complexity index is 600. The number of rotatable bonds is 3. The van der Waals surface area contributed by atoms with Gasteiger partial charge in [-0.15, -0.1) is 0 Å². The second-order valence-corrected chi connectivity index (χ2v) is 7.02. The van der Waals surface area contributed by atoms with E-state index in [-0.39, 0.29) is 23.5 Å². The second-order valence-electron chi connectivity index (χ2n) is 4.79. The lowest BCUT2D eigenvalue weighted by Crippen LogP contribution is -2.36. The second kappa shape index (κ2) is 5.21. The van der Waals surface area contributed by atoms with Crippen LogP contribution in [0.25, 0.3) is 6.08 Å². The number of nitrogens with zero attached hydrogens (tertiary/aromatic N) is 1. The summed E-state index contributed by atoms with van der Waals surface area (Å²) in [4.78, 5) is 13.4. The van der Waals surface area contributed by atoms with Gasteiger partial charge in [-0.05, 0) is 31.6 Å². The lowest BCUT2D eigenvalue weighted by atomic mass is 10.2. The van der Waals surface area contributed by atoms with Gasteiger partial charge in [0.05, 0.1) is 11.5 Å². The van der Waals surface area contributed by atoms with Crippen LogP contribution in [0.1, 0.15) is 17.9 Å². The molecule has 1 aromatic heterocycles. The monoisotopic (exact) mass is 283 g/mol. The van der Waals surface area contributed by atoms with E-state index in [1.54, 1.807) is 19.2 Å². The SMILES string of the molecule is Cc1ccc(/C=C/C(=O)N(C)C2CCS(=O)(=O)C2)o1. The van der Waals surface area contributed by atoms with Crippen molar-refractivity contribution >= 4 is 21.8 Å². The highest BCUT2D eigenvalue weighted by Gasteiger charge is 2.31. The van der Waals surface area contributed by atoms with Crippen molar-refractivity contribution < 1.29 is 17.6 Å². The molecule has 1 unspecified atom stereocenters. The number of aryl methyl sites for hydroxylation is 1. The van der Waals surface area contributed by atoms with E-state index >= 15 is 0 Å². The van der Waals surface area contributed by atoms with Crippen LogP contribution in [0.15, 0.2) is 22.6 Å². The summed E-state index contributed by atoms with van der Waals surface area (Å²) < 4.78 is 28.1. The standard InChI is InChI=1S/C13H17NO4S/c1-10-3-4-12(18-10)5-6-13(15)14(2)11-7-8-19(16,17)9-11/h3-6,11H,7-9H2,1-2H3/b6-5+. The van der Waals surface area contributed by atoms with Gasteiger partial charge in [-0.1, -0.05) is 0 Å². The summed E-state index contributed by atoms with van der Waals surface area (Å²) in [5, 5.41) is 0. The van der Waals surface area contributed by atoms with Crippen LogP contribution in [-0.2, 0) is 14.6 Å². The Kier molecular flexibility index (Phi) is 3.80. The van der Waals surface area contributed by atoms with Gasteiger partial charge in [0, 0.05) is 19.2 Å². The number of hydrogen-bond acceptors (Lipinski definition) is 4. The molecule has 5 nitrogen and oxygen atoms in total. The quantitative estimate of drug-likeness (QED) is 0.783. The number of furan rings is 1. The Hall–Kier alpha value is -1.56. The van der Waals surface area contributed by atoms with Gasteiger partial charge in [0.2, 0.25) is 5.91 Å². The van der Waals surface area contributed by atoms with Crippen molar-refractivity contribution in [2.24, 2.45) is 0 Å². The number of amides is 1. The predicted octanol–water partition coefficient (Wildman–Crippen LogP) is 1.25. The van der Waals surface area contributed by atoms with Gasteiger partial charge in [-0.3, -0.25) is 4.79 Å². The van der Waals surface area contributed by atoms with Crippen LogP contribution >= 0.6 is 0 Å². The van der Waals surface area contributed by atoms with Gasteiger partial charge in [-0.25, -0.2) is 8.42 Å². The molecule has 2 rings (SSSR count). The molecule has 0 aliphatic carbocycles. The van der Waals surface area contributed by atoms with Gasteiger partial charge in [-0.2, -0.15) is 0 Å². The molecule has 2 heterocycles. The van der Waals surface area contributed by atoms with Crippen LogP contribution in [0.4, 0.5) is 0 Å². The third kappa shape index (κ3) is 3.47. The molecule has 1 saturated heterocycles. The van der Waals surface area contributed by atoms with Crippen LogP contribution in [0, 0.1) is 6.92 Å². The smallest absolute Gasteiger partial charge is 0.246 e. The average Bonchev–Trinajstić information content (AvgIpc) is 2.91. The fourth-order valence-corrected chi connectivity index (χ4v) is 3.85. The van der Waals surface area contributed by atoms with Crippen LogP contribution in [0.5, 0.6) is 0 Å². The van der Waals surface area contributed by atoms with Crippen molar-refractivity contribution in [3.63, 3.8) is 0 Å². The zero-order chi connectivity index (χ0) is 14.0. The van der Waals surface area contributed by atoms with Crippen LogP contribution < -0.4 is 0 Å². The van der Waals surface area contributed by atoms with Crippen LogP contribution in [-0.4, -0.2) is 43.8 Å². The Morgan fingerprint density at radius 3 is 2.74 bits per heavy atom. The van der Waals surface area contributed by atoms with E-state index in [0.29, 0.717) is 12.2 Å². The Balaban J connectivity index is 1.98. The maximum atomic E-state index is 11.9. The van der Waals surface area contributed by atoms with Crippen molar-refractivity contribution in [3.05, 3.63) is 29.7 Å². The zero-order valence-electron chi connectivity index (χ0n) is 11.0. The highest BCUT2D eigenvalue weighted by atomic mass is 32.2. The fraction of sp³-hybridized carbons (Fsp3) is 0.462. The maximum Gasteiger partial charge on any atom is 0.246 e.